The number of benzene rings is 2. The van der Waals surface area contributed by atoms with E-state index < -0.39 is 11.1 Å². The van der Waals surface area contributed by atoms with E-state index in [2.05, 4.69) is 5.32 Å². The summed E-state index contributed by atoms with van der Waals surface area (Å²) in [5.41, 5.74) is 7.63. The number of nitrogens with two attached hydrogens (primary N) is 1. The largest absolute Gasteiger partial charge is 0.493 e. The van der Waals surface area contributed by atoms with Crippen molar-refractivity contribution in [1.82, 2.24) is 10.2 Å². The molecule has 3 heterocycles. The first-order valence-electron chi connectivity index (χ1n) is 13.0. The van der Waals surface area contributed by atoms with Crippen molar-refractivity contribution in [2.24, 2.45) is 16.6 Å². The van der Waals surface area contributed by atoms with Crippen molar-refractivity contribution in [1.29, 1.82) is 0 Å². The first kappa shape index (κ1) is 25.1. The van der Waals surface area contributed by atoms with Crippen LogP contribution in [0.15, 0.2) is 47.5 Å². The van der Waals surface area contributed by atoms with Crippen molar-refractivity contribution in [3.8, 4) is 11.5 Å². The van der Waals surface area contributed by atoms with Crippen molar-refractivity contribution >= 4 is 17.8 Å². The van der Waals surface area contributed by atoms with Gasteiger partial charge in [0.2, 0.25) is 5.91 Å². The second-order valence-corrected chi connectivity index (χ2v) is 11.5. The number of carbonyl (C=O) groups excluding carboxylic acids is 2. The summed E-state index contributed by atoms with van der Waals surface area (Å²) in [6, 6.07) is 12.7. The van der Waals surface area contributed by atoms with Crippen LogP contribution in [-0.2, 0) is 4.79 Å². The van der Waals surface area contributed by atoms with Crippen LogP contribution in [0.5, 0.6) is 11.5 Å². The monoisotopic (exact) mass is 504 g/mol. The molecule has 2 aromatic carbocycles. The van der Waals surface area contributed by atoms with Gasteiger partial charge in [-0.15, -0.1) is 0 Å². The van der Waals surface area contributed by atoms with Gasteiger partial charge < -0.3 is 20.5 Å². The molecule has 5 rings (SSSR count). The molecule has 0 aromatic heterocycles. The molecule has 3 aliphatic rings. The van der Waals surface area contributed by atoms with E-state index in [1.54, 1.807) is 11.0 Å². The molecule has 0 saturated heterocycles. The van der Waals surface area contributed by atoms with Gasteiger partial charge in [-0.05, 0) is 51.0 Å². The summed E-state index contributed by atoms with van der Waals surface area (Å²) in [6.45, 7) is 10.6. The van der Waals surface area contributed by atoms with Crippen LogP contribution in [0.2, 0.25) is 0 Å². The molecule has 8 heteroatoms. The number of hydrogen-bond donors (Lipinski definition) is 2. The number of nitrogens with one attached hydrogen (secondary N) is 1. The minimum atomic E-state index is -0.539. The fourth-order valence-corrected chi connectivity index (χ4v) is 5.46. The maximum absolute atomic E-state index is 13.5. The minimum absolute atomic E-state index is 0.0639. The summed E-state index contributed by atoms with van der Waals surface area (Å²) < 4.78 is 12.0. The minimum Gasteiger partial charge on any atom is -0.493 e. The molecule has 0 bridgehead atoms. The Morgan fingerprint density at radius 2 is 1.89 bits per heavy atom. The van der Waals surface area contributed by atoms with E-state index in [1.807, 2.05) is 71.0 Å². The molecule has 3 aliphatic heterocycles. The molecular weight excluding hydrogens is 468 g/mol. The quantitative estimate of drug-likeness (QED) is 0.638. The highest BCUT2D eigenvalue weighted by molar-refractivity contribution is 6.00. The molecule has 37 heavy (non-hydrogen) atoms. The summed E-state index contributed by atoms with van der Waals surface area (Å²) >= 11 is 0. The van der Waals surface area contributed by atoms with E-state index in [-0.39, 0.29) is 42.2 Å². The second kappa shape index (κ2) is 9.08. The number of aliphatic imine (C=N–C) groups is 1. The van der Waals surface area contributed by atoms with Gasteiger partial charge in [0.05, 0.1) is 30.7 Å². The molecular formula is C29H36N4O4. The van der Waals surface area contributed by atoms with E-state index in [9.17, 15) is 9.59 Å². The van der Waals surface area contributed by atoms with Crippen LogP contribution in [-0.4, -0.2) is 40.4 Å². The lowest BCUT2D eigenvalue weighted by molar-refractivity contribution is -0.133. The summed E-state index contributed by atoms with van der Waals surface area (Å²) in [6.07, 6.45) is 1.50. The zero-order valence-corrected chi connectivity index (χ0v) is 22.2. The number of amides is 2. The third-order valence-electron chi connectivity index (χ3n) is 7.92. The molecule has 3 atom stereocenters. The molecule has 196 valence electrons. The molecule has 0 saturated carbocycles. The Morgan fingerprint density at radius 1 is 1.14 bits per heavy atom. The number of hydrogen-bond acceptors (Lipinski definition) is 6. The van der Waals surface area contributed by atoms with Crippen molar-refractivity contribution in [3.05, 3.63) is 59.2 Å². The van der Waals surface area contributed by atoms with Gasteiger partial charge >= 0.3 is 0 Å². The van der Waals surface area contributed by atoms with Crippen LogP contribution in [0.3, 0.4) is 0 Å². The van der Waals surface area contributed by atoms with Gasteiger partial charge in [-0.1, -0.05) is 32.0 Å². The Kier molecular flexibility index (Phi) is 6.16. The number of para-hydroxylation sites is 1. The third kappa shape index (κ3) is 4.65. The first-order valence-corrected chi connectivity index (χ1v) is 13.0. The van der Waals surface area contributed by atoms with E-state index in [1.165, 1.54) is 0 Å². The molecule has 3 N–H and O–H groups in total. The maximum Gasteiger partial charge on any atom is 0.251 e. The van der Waals surface area contributed by atoms with Gasteiger partial charge in [0.1, 0.15) is 17.1 Å². The van der Waals surface area contributed by atoms with Crippen LogP contribution in [0.1, 0.15) is 87.4 Å². The first-order chi connectivity index (χ1) is 17.5. The van der Waals surface area contributed by atoms with Gasteiger partial charge in [0.15, 0.2) is 5.96 Å². The Labute approximate surface area is 218 Å². The highest BCUT2D eigenvalue weighted by Gasteiger charge is 2.45. The van der Waals surface area contributed by atoms with E-state index >= 15 is 0 Å². The fraction of sp³-hybridized carbons (Fsp3) is 0.483. The SMILES string of the molecule is CC(C)[C@]1(C)CC(=O)N([C@@H]2CC(C)(C)Oc3ccc(C(=O)N[C@H]4CCOc5ccccc54)cc32)C(N)=N1. The van der Waals surface area contributed by atoms with Gasteiger partial charge in [-0.25, -0.2) is 4.99 Å². The summed E-state index contributed by atoms with van der Waals surface area (Å²) in [5.74, 6) is 1.58. The molecule has 0 spiro atoms. The van der Waals surface area contributed by atoms with Gasteiger partial charge in [0.25, 0.3) is 5.91 Å². The van der Waals surface area contributed by atoms with Crippen molar-refractivity contribution in [3.63, 3.8) is 0 Å². The topological polar surface area (TPSA) is 106 Å². The van der Waals surface area contributed by atoms with Gasteiger partial charge in [-0.2, -0.15) is 0 Å². The normalized spacial score (nSPS) is 26.4. The smallest absolute Gasteiger partial charge is 0.251 e. The second-order valence-electron chi connectivity index (χ2n) is 11.5. The summed E-state index contributed by atoms with van der Waals surface area (Å²) in [5, 5.41) is 3.16. The molecule has 0 aliphatic carbocycles. The molecule has 8 nitrogen and oxygen atoms in total. The van der Waals surface area contributed by atoms with Crippen LogP contribution in [0.4, 0.5) is 0 Å². The predicted molar refractivity (Wildman–Crippen MR) is 142 cm³/mol. The van der Waals surface area contributed by atoms with Crippen molar-refractivity contribution in [2.75, 3.05) is 6.61 Å². The summed E-state index contributed by atoms with van der Waals surface area (Å²) in [4.78, 5) is 33.2. The van der Waals surface area contributed by atoms with E-state index in [4.69, 9.17) is 20.2 Å². The van der Waals surface area contributed by atoms with Crippen LogP contribution >= 0.6 is 0 Å². The highest BCUT2D eigenvalue weighted by atomic mass is 16.5. The zero-order chi connectivity index (χ0) is 26.5. The lowest BCUT2D eigenvalue weighted by atomic mass is 9.82. The molecule has 0 radical (unpaired) electrons. The molecule has 2 aromatic rings. The molecule has 0 fully saturated rings. The number of rotatable bonds is 4. The standard InChI is InChI=1S/C29H36N4O4/c1-17(2)29(5)16-25(34)33(27(30)32-29)22-15-28(3,4)37-24-11-10-18(14-20(22)24)26(35)31-21-12-13-36-23-9-7-6-8-19(21)23/h6-11,14,17,21-22H,12-13,15-16H2,1-5H3,(H2,30,32)(H,31,35)/t21-,22+,29-/m0/s1. The fourth-order valence-electron chi connectivity index (χ4n) is 5.46. The number of nitrogens with zero attached hydrogens (tertiary/aromatic N) is 2. The summed E-state index contributed by atoms with van der Waals surface area (Å²) in [7, 11) is 0. The van der Waals surface area contributed by atoms with Crippen LogP contribution < -0.4 is 20.5 Å². The zero-order valence-electron chi connectivity index (χ0n) is 22.2. The Balaban J connectivity index is 1.47. The van der Waals surface area contributed by atoms with Gasteiger partial charge in [0, 0.05) is 29.5 Å². The lowest BCUT2D eigenvalue weighted by Crippen LogP contribution is -2.55. The number of guanidine groups is 1. The molecule has 0 unspecified atom stereocenters. The highest BCUT2D eigenvalue weighted by Crippen LogP contribution is 2.45. The average Bonchev–Trinajstić information content (AvgIpc) is 2.82. The van der Waals surface area contributed by atoms with Gasteiger partial charge in [-0.3, -0.25) is 14.5 Å². The predicted octanol–water partition coefficient (Wildman–Crippen LogP) is 4.50. The van der Waals surface area contributed by atoms with Crippen molar-refractivity contribution < 1.29 is 19.1 Å². The Bertz CT molecular complexity index is 1270. The number of fused-ring (bicyclic) bond motifs is 2. The maximum atomic E-state index is 13.5. The van der Waals surface area contributed by atoms with E-state index in [0.29, 0.717) is 30.8 Å². The van der Waals surface area contributed by atoms with Crippen molar-refractivity contribution in [2.45, 2.75) is 77.1 Å². The lowest BCUT2D eigenvalue weighted by Gasteiger charge is -2.45. The van der Waals surface area contributed by atoms with Crippen LogP contribution in [0.25, 0.3) is 0 Å². The van der Waals surface area contributed by atoms with Crippen LogP contribution in [0, 0.1) is 5.92 Å². The molecule has 2 amide bonds. The Morgan fingerprint density at radius 3 is 2.62 bits per heavy atom. The van der Waals surface area contributed by atoms with E-state index in [0.717, 1.165) is 16.9 Å². The number of ether oxygens (including phenoxy) is 2. The third-order valence-corrected chi connectivity index (χ3v) is 7.92. The number of carbonyl (C=O) groups is 2. The Hall–Kier alpha value is -3.55. The average molecular weight is 505 g/mol.